The van der Waals surface area contributed by atoms with Crippen LogP contribution in [0, 0.1) is 0 Å². The summed E-state index contributed by atoms with van der Waals surface area (Å²) in [6.45, 7) is 4.60. The van der Waals surface area contributed by atoms with Gasteiger partial charge in [-0.05, 0) is 66.9 Å². The summed E-state index contributed by atoms with van der Waals surface area (Å²) in [6.07, 6.45) is 16.9. The van der Waals surface area contributed by atoms with Crippen LogP contribution in [0.2, 0.25) is 0 Å². The van der Waals surface area contributed by atoms with E-state index in [0.29, 0.717) is 5.92 Å². The molecule has 0 aliphatic heterocycles. The fourth-order valence-electron chi connectivity index (χ4n) is 4.44. The van der Waals surface area contributed by atoms with E-state index >= 15 is 0 Å². The van der Waals surface area contributed by atoms with E-state index in [4.69, 9.17) is 0 Å². The summed E-state index contributed by atoms with van der Waals surface area (Å²) in [5.74, 6) is 0.554. The molecule has 1 heteroatoms. The van der Waals surface area contributed by atoms with E-state index in [1.54, 1.807) is 22.3 Å². The van der Waals surface area contributed by atoms with Gasteiger partial charge in [-0.1, -0.05) is 101 Å². The SMILES string of the molecule is CCCCc1ccccc1C(CCCCCCCP)c1ccccc1CCCC. The van der Waals surface area contributed by atoms with Crippen LogP contribution in [0.3, 0.4) is 0 Å². The molecule has 2 aromatic rings. The third kappa shape index (κ3) is 8.25. The van der Waals surface area contributed by atoms with Gasteiger partial charge >= 0.3 is 0 Å². The van der Waals surface area contributed by atoms with Crippen molar-refractivity contribution < 1.29 is 0 Å². The average molecular weight is 411 g/mol. The summed E-state index contributed by atoms with van der Waals surface area (Å²) in [5, 5.41) is 0. The van der Waals surface area contributed by atoms with Gasteiger partial charge in [0.2, 0.25) is 0 Å². The highest BCUT2D eigenvalue weighted by atomic mass is 31.0. The molecule has 0 aliphatic carbocycles. The predicted octanol–water partition coefficient (Wildman–Crippen LogP) is 8.72. The quantitative estimate of drug-likeness (QED) is 0.203. The number of hydrogen-bond acceptors (Lipinski definition) is 0. The van der Waals surface area contributed by atoms with Gasteiger partial charge in [-0.15, -0.1) is 9.24 Å². The summed E-state index contributed by atoms with van der Waals surface area (Å²) in [5.41, 5.74) is 6.34. The van der Waals surface area contributed by atoms with Crippen LogP contribution in [0.15, 0.2) is 48.5 Å². The molecule has 0 heterocycles. The van der Waals surface area contributed by atoms with Gasteiger partial charge in [0.05, 0.1) is 0 Å². The Balaban J connectivity index is 2.25. The largest absolute Gasteiger partial charge is 0.138 e. The van der Waals surface area contributed by atoms with Crippen LogP contribution >= 0.6 is 9.24 Å². The third-order valence-electron chi connectivity index (χ3n) is 6.16. The summed E-state index contributed by atoms with van der Waals surface area (Å²) in [6, 6.07) is 18.6. The van der Waals surface area contributed by atoms with Crippen LogP contribution < -0.4 is 0 Å². The standard InChI is InChI=1S/C28H43P/c1-3-5-16-24-18-11-13-20-26(24)28(22-10-8-7-9-15-23-29)27-21-14-12-19-25(27)17-6-4-2/h11-14,18-21,28H,3-10,15-17,22-23,29H2,1-2H3. The normalized spacial score (nSPS) is 11.3. The molecule has 0 saturated carbocycles. The van der Waals surface area contributed by atoms with Crippen molar-refractivity contribution >= 4 is 9.24 Å². The van der Waals surface area contributed by atoms with Crippen molar-refractivity contribution in [2.24, 2.45) is 0 Å². The van der Waals surface area contributed by atoms with Crippen LogP contribution in [0.25, 0.3) is 0 Å². The van der Waals surface area contributed by atoms with E-state index in [1.165, 1.54) is 83.2 Å². The Kier molecular flexibility index (Phi) is 12.3. The zero-order chi connectivity index (χ0) is 20.7. The van der Waals surface area contributed by atoms with Crippen LogP contribution in [0.4, 0.5) is 0 Å². The smallest absolute Gasteiger partial charge is 0.00947 e. The van der Waals surface area contributed by atoms with E-state index in [-0.39, 0.29) is 0 Å². The Morgan fingerprint density at radius 2 is 1.10 bits per heavy atom. The van der Waals surface area contributed by atoms with Gasteiger partial charge in [-0.25, -0.2) is 0 Å². The van der Waals surface area contributed by atoms with Crippen LogP contribution in [0.1, 0.15) is 106 Å². The fourth-order valence-corrected chi connectivity index (χ4v) is 4.73. The molecule has 29 heavy (non-hydrogen) atoms. The van der Waals surface area contributed by atoms with Gasteiger partial charge in [0.15, 0.2) is 0 Å². The lowest BCUT2D eigenvalue weighted by atomic mass is 9.80. The summed E-state index contributed by atoms with van der Waals surface area (Å²) in [7, 11) is 2.86. The number of unbranched alkanes of at least 4 members (excludes halogenated alkanes) is 6. The van der Waals surface area contributed by atoms with Crippen molar-refractivity contribution in [2.75, 3.05) is 6.16 Å². The molecule has 0 nitrogen and oxygen atoms in total. The lowest BCUT2D eigenvalue weighted by molar-refractivity contribution is 0.576. The molecular formula is C28H43P. The zero-order valence-corrected chi connectivity index (χ0v) is 20.1. The predicted molar refractivity (Wildman–Crippen MR) is 134 cm³/mol. The first-order chi connectivity index (χ1) is 14.3. The van der Waals surface area contributed by atoms with E-state index in [0.717, 1.165) is 0 Å². The maximum Gasteiger partial charge on any atom is 0.00947 e. The van der Waals surface area contributed by atoms with Crippen molar-refractivity contribution in [2.45, 2.75) is 96.8 Å². The molecule has 160 valence electrons. The summed E-state index contributed by atoms with van der Waals surface area (Å²) >= 11 is 0. The first kappa shape index (κ1) is 24.1. The minimum absolute atomic E-state index is 0.554. The van der Waals surface area contributed by atoms with Gasteiger partial charge in [-0.3, -0.25) is 0 Å². The summed E-state index contributed by atoms with van der Waals surface area (Å²) in [4.78, 5) is 0. The van der Waals surface area contributed by atoms with Crippen LogP contribution in [-0.2, 0) is 12.8 Å². The van der Waals surface area contributed by atoms with E-state index in [1.807, 2.05) is 0 Å². The second-order valence-corrected chi connectivity index (χ2v) is 9.08. The minimum Gasteiger partial charge on any atom is -0.138 e. The highest BCUT2D eigenvalue weighted by Crippen LogP contribution is 2.35. The maximum absolute atomic E-state index is 2.86. The molecule has 0 spiro atoms. The topological polar surface area (TPSA) is 0 Å². The van der Waals surface area contributed by atoms with Gasteiger partial charge in [-0.2, -0.15) is 0 Å². The molecule has 0 bridgehead atoms. The molecule has 0 saturated heterocycles. The molecule has 2 rings (SSSR count). The summed E-state index contributed by atoms with van der Waals surface area (Å²) < 4.78 is 0. The maximum atomic E-state index is 2.86. The minimum atomic E-state index is 0.554. The molecule has 0 aliphatic rings. The Hall–Kier alpha value is -1.13. The van der Waals surface area contributed by atoms with E-state index in [9.17, 15) is 0 Å². The van der Waals surface area contributed by atoms with Gasteiger partial charge in [0.25, 0.3) is 0 Å². The van der Waals surface area contributed by atoms with E-state index < -0.39 is 0 Å². The molecule has 2 aromatic carbocycles. The lowest BCUT2D eigenvalue weighted by Crippen LogP contribution is -2.08. The Bertz CT molecular complexity index is 624. The van der Waals surface area contributed by atoms with Crippen molar-refractivity contribution in [3.05, 3.63) is 70.8 Å². The number of rotatable bonds is 15. The van der Waals surface area contributed by atoms with Gasteiger partial charge in [0.1, 0.15) is 0 Å². The Morgan fingerprint density at radius 1 is 0.621 bits per heavy atom. The Morgan fingerprint density at radius 3 is 1.62 bits per heavy atom. The van der Waals surface area contributed by atoms with E-state index in [2.05, 4.69) is 71.6 Å². The first-order valence-corrected chi connectivity index (χ1v) is 13.0. The van der Waals surface area contributed by atoms with Crippen molar-refractivity contribution in [3.8, 4) is 0 Å². The fraction of sp³-hybridized carbons (Fsp3) is 0.571. The van der Waals surface area contributed by atoms with Gasteiger partial charge < -0.3 is 0 Å². The van der Waals surface area contributed by atoms with Crippen molar-refractivity contribution in [1.82, 2.24) is 0 Å². The average Bonchev–Trinajstić information content (AvgIpc) is 2.76. The van der Waals surface area contributed by atoms with Gasteiger partial charge in [0, 0.05) is 5.92 Å². The van der Waals surface area contributed by atoms with Crippen LogP contribution in [0.5, 0.6) is 0 Å². The highest BCUT2D eigenvalue weighted by molar-refractivity contribution is 7.16. The second kappa shape index (κ2) is 14.8. The zero-order valence-electron chi connectivity index (χ0n) is 19.0. The number of aryl methyl sites for hydroxylation is 2. The molecular weight excluding hydrogens is 367 g/mol. The molecule has 0 aromatic heterocycles. The third-order valence-corrected chi connectivity index (χ3v) is 6.57. The van der Waals surface area contributed by atoms with Crippen LogP contribution in [-0.4, -0.2) is 6.16 Å². The lowest BCUT2D eigenvalue weighted by Gasteiger charge is -2.24. The van der Waals surface area contributed by atoms with Crippen molar-refractivity contribution in [1.29, 1.82) is 0 Å². The highest BCUT2D eigenvalue weighted by Gasteiger charge is 2.19. The monoisotopic (exact) mass is 410 g/mol. The molecule has 0 amide bonds. The molecule has 1 atom stereocenters. The second-order valence-electron chi connectivity index (χ2n) is 8.50. The van der Waals surface area contributed by atoms with Crippen molar-refractivity contribution in [3.63, 3.8) is 0 Å². The molecule has 1 unspecified atom stereocenters. The first-order valence-electron chi connectivity index (χ1n) is 12.2. The molecule has 0 radical (unpaired) electrons. The number of hydrogen-bond donors (Lipinski definition) is 0. The number of benzene rings is 2. The Labute approximate surface area is 183 Å². The molecule has 0 N–H and O–H groups in total. The molecule has 0 fully saturated rings.